The number of methoxy groups -OCH3 is 1. The van der Waals surface area contributed by atoms with Crippen LogP contribution < -0.4 is 15.5 Å². The van der Waals surface area contributed by atoms with Gasteiger partial charge in [-0.15, -0.1) is 0 Å². The fourth-order valence-corrected chi connectivity index (χ4v) is 6.02. The molecule has 1 saturated heterocycles. The Bertz CT molecular complexity index is 1590. The first-order valence-corrected chi connectivity index (χ1v) is 13.8. The van der Waals surface area contributed by atoms with E-state index >= 15 is 0 Å². The average molecular weight is 574 g/mol. The summed E-state index contributed by atoms with van der Waals surface area (Å²) in [4.78, 5) is 19.0. The predicted octanol–water partition coefficient (Wildman–Crippen LogP) is 6.52. The molecule has 1 fully saturated rings. The number of aryl methyl sites for hydroxylation is 2. The van der Waals surface area contributed by atoms with Crippen LogP contribution in [-0.2, 0) is 9.53 Å². The number of hydrogen-bond donors (Lipinski definition) is 2. The number of nitrogens with one attached hydrogen (secondary N) is 2. The van der Waals surface area contributed by atoms with Crippen LogP contribution in [-0.4, -0.2) is 34.3 Å². The van der Waals surface area contributed by atoms with Gasteiger partial charge in [0.1, 0.15) is 6.61 Å². The zero-order valence-electron chi connectivity index (χ0n) is 23.2. The molecule has 206 valence electrons. The molecule has 2 N–H and O–H groups in total. The lowest BCUT2D eigenvalue weighted by Crippen LogP contribution is -2.29. The van der Waals surface area contributed by atoms with Gasteiger partial charge in [0.2, 0.25) is 5.91 Å². The lowest BCUT2D eigenvalue weighted by Gasteiger charge is -2.29. The molecular weight excluding hydrogens is 542 g/mol. The third kappa shape index (κ3) is 5.10. The second kappa shape index (κ2) is 11.4. The van der Waals surface area contributed by atoms with E-state index in [2.05, 4.69) is 46.1 Å². The lowest BCUT2D eigenvalue weighted by atomic mass is 9.96. The van der Waals surface area contributed by atoms with Gasteiger partial charge in [-0.2, -0.15) is 0 Å². The summed E-state index contributed by atoms with van der Waals surface area (Å²) in [5.41, 5.74) is 8.89. The molecule has 0 bridgehead atoms. The molecule has 7 nitrogen and oxygen atoms in total. The van der Waals surface area contributed by atoms with E-state index in [9.17, 15) is 4.79 Å². The number of thiocarbonyl (C=S) groups is 1. The first-order valence-electron chi connectivity index (χ1n) is 13.1. The highest BCUT2D eigenvalue weighted by atomic mass is 35.5. The van der Waals surface area contributed by atoms with Gasteiger partial charge in [-0.1, -0.05) is 23.7 Å². The van der Waals surface area contributed by atoms with E-state index in [0.29, 0.717) is 5.11 Å². The molecule has 0 aliphatic carbocycles. The molecular formula is C31H32ClN5O2S. The van der Waals surface area contributed by atoms with Crippen LogP contribution in [0.1, 0.15) is 45.9 Å². The molecule has 0 radical (unpaired) electrons. The van der Waals surface area contributed by atoms with E-state index in [-0.39, 0.29) is 24.6 Å². The van der Waals surface area contributed by atoms with Crippen LogP contribution in [0.15, 0.2) is 66.9 Å². The maximum atomic E-state index is 12.1. The Balaban J connectivity index is 1.63. The molecule has 2 aromatic heterocycles. The fraction of sp³-hybridized carbons (Fsp3) is 0.258. The normalized spacial score (nSPS) is 16.8. The Kier molecular flexibility index (Phi) is 7.94. The molecule has 0 spiro atoms. The second-order valence-electron chi connectivity index (χ2n) is 10.0. The molecule has 2 aromatic carbocycles. The quantitative estimate of drug-likeness (QED) is 0.245. The maximum absolute atomic E-state index is 12.1. The number of halogens is 1. The largest absolute Gasteiger partial charge is 0.375 e. The van der Waals surface area contributed by atoms with Crippen molar-refractivity contribution in [3.63, 3.8) is 0 Å². The van der Waals surface area contributed by atoms with E-state index in [0.717, 1.165) is 55.9 Å². The monoisotopic (exact) mass is 573 g/mol. The van der Waals surface area contributed by atoms with Crippen molar-refractivity contribution in [2.45, 2.75) is 39.8 Å². The highest BCUT2D eigenvalue weighted by Crippen LogP contribution is 2.44. The molecule has 40 heavy (non-hydrogen) atoms. The number of pyridine rings is 1. The summed E-state index contributed by atoms with van der Waals surface area (Å²) >= 11 is 12.5. The molecule has 1 amide bonds. The van der Waals surface area contributed by atoms with Crippen molar-refractivity contribution in [2.75, 3.05) is 23.9 Å². The van der Waals surface area contributed by atoms with Gasteiger partial charge < -0.3 is 24.8 Å². The van der Waals surface area contributed by atoms with E-state index in [4.69, 9.17) is 33.5 Å². The Morgan fingerprint density at radius 1 is 1.10 bits per heavy atom. The number of benzene rings is 2. The molecule has 9 heteroatoms. The Morgan fingerprint density at radius 2 is 1.90 bits per heavy atom. The van der Waals surface area contributed by atoms with Crippen LogP contribution >= 0.6 is 23.8 Å². The fourth-order valence-electron chi connectivity index (χ4n) is 5.50. The first kappa shape index (κ1) is 27.8. The van der Waals surface area contributed by atoms with Crippen LogP contribution in [0.2, 0.25) is 5.02 Å². The van der Waals surface area contributed by atoms with Crippen molar-refractivity contribution in [1.82, 2.24) is 14.9 Å². The summed E-state index contributed by atoms with van der Waals surface area (Å²) in [7, 11) is 1.50. The number of aromatic nitrogens is 2. The number of rotatable bonds is 7. The van der Waals surface area contributed by atoms with Crippen molar-refractivity contribution in [2.24, 2.45) is 0 Å². The van der Waals surface area contributed by atoms with E-state index < -0.39 is 0 Å². The van der Waals surface area contributed by atoms with E-state index in [1.54, 1.807) is 6.20 Å². The van der Waals surface area contributed by atoms with Gasteiger partial charge in [-0.05, 0) is 105 Å². The second-order valence-corrected chi connectivity index (χ2v) is 10.8. The molecule has 1 aliphatic rings. The minimum Gasteiger partial charge on any atom is -0.375 e. The maximum Gasteiger partial charge on any atom is 0.250 e. The molecule has 3 heterocycles. The number of anilines is 2. The number of ether oxygens (including phenoxy) is 1. The Morgan fingerprint density at radius 3 is 2.60 bits per heavy atom. The van der Waals surface area contributed by atoms with E-state index in [1.165, 1.54) is 7.11 Å². The minimum absolute atomic E-state index is 0.00311. The summed E-state index contributed by atoms with van der Waals surface area (Å²) in [5.74, 6) is -0.200. The van der Waals surface area contributed by atoms with Gasteiger partial charge in [0.15, 0.2) is 5.11 Å². The van der Waals surface area contributed by atoms with Gasteiger partial charge in [0, 0.05) is 46.8 Å². The number of nitrogens with zero attached hydrogens (tertiary/aromatic N) is 3. The smallest absolute Gasteiger partial charge is 0.250 e. The van der Waals surface area contributed by atoms with Crippen molar-refractivity contribution in [3.8, 4) is 5.69 Å². The van der Waals surface area contributed by atoms with Gasteiger partial charge in [0.25, 0.3) is 0 Å². The van der Waals surface area contributed by atoms with Crippen LogP contribution in [0.5, 0.6) is 0 Å². The number of carbonyl (C=O) groups excluding carboxylic acids is 1. The third-order valence-electron chi connectivity index (χ3n) is 7.40. The minimum atomic E-state index is -0.200. The summed E-state index contributed by atoms with van der Waals surface area (Å²) in [6.07, 6.45) is 1.81. The summed E-state index contributed by atoms with van der Waals surface area (Å²) in [6.45, 7) is 8.26. The van der Waals surface area contributed by atoms with Crippen molar-refractivity contribution in [3.05, 3.63) is 106 Å². The lowest BCUT2D eigenvalue weighted by molar-refractivity contribution is -0.119. The highest BCUT2D eigenvalue weighted by molar-refractivity contribution is 7.80. The number of carbonyl (C=O) groups is 1. The topological polar surface area (TPSA) is 71.4 Å². The van der Waals surface area contributed by atoms with Crippen LogP contribution in [0.3, 0.4) is 0 Å². The van der Waals surface area contributed by atoms with Crippen LogP contribution in [0, 0.1) is 27.7 Å². The molecule has 0 unspecified atom stereocenters. The zero-order valence-corrected chi connectivity index (χ0v) is 24.7. The van der Waals surface area contributed by atoms with Crippen LogP contribution in [0.25, 0.3) is 5.69 Å². The van der Waals surface area contributed by atoms with Crippen molar-refractivity contribution < 1.29 is 9.53 Å². The molecule has 1 aliphatic heterocycles. The summed E-state index contributed by atoms with van der Waals surface area (Å²) < 4.78 is 7.21. The van der Waals surface area contributed by atoms with Crippen LogP contribution in [0.4, 0.5) is 11.4 Å². The third-order valence-corrected chi connectivity index (χ3v) is 8.13. The van der Waals surface area contributed by atoms with Crippen molar-refractivity contribution >= 4 is 46.2 Å². The SMILES string of the molecule is COCC(=O)Nc1ccc(N2C(=S)N[C@H](c3ccccn3)[C@@H]2c2cc(C)n(-c3cccc(Cl)c3C)c2C)cc1C. The zero-order chi connectivity index (χ0) is 28.6. The number of amides is 1. The summed E-state index contributed by atoms with van der Waals surface area (Å²) in [6, 6.07) is 19.7. The standard InChI is InChI=1S/C31H32ClN5O2S/c1-18-15-22(12-13-25(18)34-28(38)17-39-5)37-30(29(35-31(37)40)26-10-6-7-14-33-26)23-16-19(2)36(21(23)4)27-11-8-9-24(32)20(27)3/h6-16,29-30H,17H2,1-5H3,(H,34,38)(H,35,40)/t29-,30+/m1/s1. The Labute approximate surface area is 245 Å². The van der Waals surface area contributed by atoms with Crippen molar-refractivity contribution in [1.29, 1.82) is 0 Å². The number of hydrogen-bond acceptors (Lipinski definition) is 4. The highest BCUT2D eigenvalue weighted by Gasteiger charge is 2.42. The predicted molar refractivity (Wildman–Crippen MR) is 165 cm³/mol. The van der Waals surface area contributed by atoms with Gasteiger partial charge in [-0.25, -0.2) is 0 Å². The van der Waals surface area contributed by atoms with Gasteiger partial charge in [0.05, 0.1) is 17.8 Å². The molecule has 4 aromatic rings. The molecule has 0 saturated carbocycles. The van der Waals surface area contributed by atoms with Gasteiger partial charge in [-0.3, -0.25) is 9.78 Å². The molecule has 2 atom stereocenters. The Hall–Kier alpha value is -3.72. The first-order chi connectivity index (χ1) is 19.2. The summed E-state index contributed by atoms with van der Waals surface area (Å²) in [5, 5.41) is 7.80. The average Bonchev–Trinajstić information content (AvgIpc) is 3.42. The van der Waals surface area contributed by atoms with E-state index in [1.807, 2.05) is 62.4 Å². The van der Waals surface area contributed by atoms with Gasteiger partial charge >= 0.3 is 0 Å². The molecule has 5 rings (SSSR count).